The second kappa shape index (κ2) is 15.1. The van der Waals surface area contributed by atoms with Gasteiger partial charge in [0.2, 0.25) is 0 Å². The number of ketones is 1. The number of rotatable bonds is 15. The molecule has 0 aromatic rings. The van der Waals surface area contributed by atoms with E-state index in [1.54, 1.807) is 0 Å². The van der Waals surface area contributed by atoms with Gasteiger partial charge in [-0.3, -0.25) is 9.69 Å². The lowest BCUT2D eigenvalue weighted by Crippen LogP contribution is -2.54. The smallest absolute Gasteiger partial charge is 0.149 e. The number of piperidine rings is 2. The number of ether oxygens (including phenoxy) is 2. The minimum absolute atomic E-state index is 0.0466. The molecule has 0 aromatic carbocycles. The Bertz CT molecular complexity index is 815. The van der Waals surface area contributed by atoms with E-state index in [-0.39, 0.29) is 17.0 Å². The molecule has 0 radical (unpaired) electrons. The molecule has 2 N–H and O–H groups in total. The number of hydrogen-bond donors (Lipinski definition) is 2. The Hall–Kier alpha value is -0.570. The summed E-state index contributed by atoms with van der Waals surface area (Å²) in [5.41, 5.74) is 0.224. The van der Waals surface area contributed by atoms with E-state index < -0.39 is 0 Å². The predicted octanol–water partition coefficient (Wildman–Crippen LogP) is 5.41. The van der Waals surface area contributed by atoms with Crippen LogP contribution in [-0.2, 0) is 14.3 Å². The molecule has 2 aliphatic heterocycles. The molecule has 244 valence electrons. The quantitative estimate of drug-likeness (QED) is 0.265. The molecule has 2 saturated heterocycles. The standard InChI is InChI=1S/C35H66N4O3/c1-25(2)23-38-15-10-29(11-16-38)42-32-21-28(22-32)37-35(7,8)14-9-26(3)33(40)24-39-17-12-30(13-18-39)41-31-19-27(20-31)36-34(4,5)6/h25-32,36-37H,9-24H2,1-8H3/t26?,27-,28-,31-,32-. The number of likely N-dealkylation sites (tertiary alicyclic amines) is 2. The summed E-state index contributed by atoms with van der Waals surface area (Å²) < 4.78 is 12.8. The molecule has 4 aliphatic rings. The first-order valence-electron chi connectivity index (χ1n) is 17.6. The van der Waals surface area contributed by atoms with Crippen LogP contribution in [-0.4, -0.2) is 102 Å². The zero-order valence-corrected chi connectivity index (χ0v) is 28.6. The van der Waals surface area contributed by atoms with Crippen LogP contribution < -0.4 is 10.6 Å². The molecule has 42 heavy (non-hydrogen) atoms. The Morgan fingerprint density at radius 3 is 1.69 bits per heavy atom. The lowest BCUT2D eigenvalue weighted by molar-refractivity contribution is -0.125. The van der Waals surface area contributed by atoms with Gasteiger partial charge < -0.3 is 25.0 Å². The maximum atomic E-state index is 13.1. The van der Waals surface area contributed by atoms with E-state index in [0.29, 0.717) is 48.8 Å². The van der Waals surface area contributed by atoms with Crippen molar-refractivity contribution in [1.29, 1.82) is 0 Å². The first kappa shape index (κ1) is 34.3. The van der Waals surface area contributed by atoms with Crippen LogP contribution in [0.4, 0.5) is 0 Å². The number of Topliss-reactive ketones (excluding diaryl/α,β-unsaturated/α-hetero) is 1. The fourth-order valence-corrected chi connectivity index (χ4v) is 7.43. The van der Waals surface area contributed by atoms with Gasteiger partial charge in [-0.05, 0) is 105 Å². The molecule has 0 spiro atoms. The zero-order chi connectivity index (χ0) is 30.5. The van der Waals surface area contributed by atoms with Crippen LogP contribution in [0.15, 0.2) is 0 Å². The highest BCUT2D eigenvalue weighted by Gasteiger charge is 2.37. The number of hydrogen-bond acceptors (Lipinski definition) is 7. The van der Waals surface area contributed by atoms with Gasteiger partial charge in [-0.2, -0.15) is 0 Å². The number of carbonyl (C=O) groups is 1. The maximum Gasteiger partial charge on any atom is 0.149 e. The van der Waals surface area contributed by atoms with Crippen LogP contribution >= 0.6 is 0 Å². The van der Waals surface area contributed by atoms with Crippen molar-refractivity contribution in [2.75, 3.05) is 39.3 Å². The lowest BCUT2D eigenvalue weighted by Gasteiger charge is -2.44. The minimum Gasteiger partial charge on any atom is -0.375 e. The first-order chi connectivity index (χ1) is 19.7. The van der Waals surface area contributed by atoms with Gasteiger partial charge in [0, 0.05) is 61.8 Å². The molecule has 0 aromatic heterocycles. The summed E-state index contributed by atoms with van der Waals surface area (Å²) in [6, 6.07) is 1.14. The van der Waals surface area contributed by atoms with E-state index in [1.807, 2.05) is 0 Å². The molecular weight excluding hydrogens is 524 g/mol. The van der Waals surface area contributed by atoms with Crippen molar-refractivity contribution in [3.8, 4) is 0 Å². The van der Waals surface area contributed by atoms with E-state index >= 15 is 0 Å². The fourth-order valence-electron chi connectivity index (χ4n) is 7.43. The van der Waals surface area contributed by atoms with Crippen molar-refractivity contribution in [3.05, 3.63) is 0 Å². The van der Waals surface area contributed by atoms with Gasteiger partial charge in [0.25, 0.3) is 0 Å². The van der Waals surface area contributed by atoms with Gasteiger partial charge in [-0.15, -0.1) is 0 Å². The molecule has 1 unspecified atom stereocenters. The monoisotopic (exact) mass is 591 g/mol. The largest absolute Gasteiger partial charge is 0.375 e. The van der Waals surface area contributed by atoms with Crippen molar-refractivity contribution in [2.24, 2.45) is 11.8 Å². The Labute approximate surface area is 258 Å². The molecule has 2 heterocycles. The molecule has 7 heteroatoms. The fraction of sp³-hybridized carbons (Fsp3) is 0.971. The molecule has 4 rings (SSSR count). The number of carbonyl (C=O) groups excluding carboxylic acids is 1. The van der Waals surface area contributed by atoms with Gasteiger partial charge in [-0.1, -0.05) is 20.8 Å². The molecule has 7 nitrogen and oxygen atoms in total. The second-order valence-corrected chi connectivity index (χ2v) is 16.6. The molecule has 4 fully saturated rings. The summed E-state index contributed by atoms with van der Waals surface area (Å²) in [6.45, 7) is 24.2. The summed E-state index contributed by atoms with van der Waals surface area (Å²) in [6.07, 6.45) is 12.6. The summed E-state index contributed by atoms with van der Waals surface area (Å²) >= 11 is 0. The van der Waals surface area contributed by atoms with Crippen molar-refractivity contribution in [3.63, 3.8) is 0 Å². The van der Waals surface area contributed by atoms with Gasteiger partial charge in [-0.25, -0.2) is 0 Å². The molecule has 0 bridgehead atoms. The topological polar surface area (TPSA) is 66.1 Å². The van der Waals surface area contributed by atoms with Crippen LogP contribution in [0.2, 0.25) is 0 Å². The van der Waals surface area contributed by atoms with Gasteiger partial charge >= 0.3 is 0 Å². The number of nitrogens with one attached hydrogen (secondary N) is 2. The van der Waals surface area contributed by atoms with Gasteiger partial charge in [0.1, 0.15) is 5.78 Å². The average Bonchev–Trinajstić information content (AvgIpc) is 2.85. The van der Waals surface area contributed by atoms with Gasteiger partial charge in [0.05, 0.1) is 31.0 Å². The van der Waals surface area contributed by atoms with Crippen LogP contribution in [0, 0.1) is 11.8 Å². The van der Waals surface area contributed by atoms with E-state index in [9.17, 15) is 4.79 Å². The predicted molar refractivity (Wildman–Crippen MR) is 173 cm³/mol. The highest BCUT2D eigenvalue weighted by molar-refractivity contribution is 5.82. The molecule has 0 amide bonds. The molecular formula is C35H66N4O3. The van der Waals surface area contributed by atoms with Crippen LogP contribution in [0.3, 0.4) is 0 Å². The Kier molecular flexibility index (Phi) is 12.4. The Morgan fingerprint density at radius 2 is 1.21 bits per heavy atom. The summed E-state index contributed by atoms with van der Waals surface area (Å²) in [7, 11) is 0. The van der Waals surface area contributed by atoms with Crippen LogP contribution in [0.5, 0.6) is 0 Å². The zero-order valence-electron chi connectivity index (χ0n) is 28.6. The van der Waals surface area contributed by atoms with E-state index in [0.717, 1.165) is 70.4 Å². The third kappa shape index (κ3) is 11.4. The molecule has 2 aliphatic carbocycles. The van der Waals surface area contributed by atoms with E-state index in [4.69, 9.17) is 9.47 Å². The van der Waals surface area contributed by atoms with Crippen molar-refractivity contribution in [2.45, 2.75) is 167 Å². The van der Waals surface area contributed by atoms with E-state index in [2.05, 4.69) is 75.8 Å². The first-order valence-corrected chi connectivity index (χ1v) is 17.6. The average molecular weight is 591 g/mol. The SMILES string of the molecule is CC(C)CN1CCC(O[C@H]2C[C@H](NC(C)(C)CCC(C)C(=O)CN3CCC(O[C@H]4C[C@H](NC(C)(C)C)C4)CC3)C2)CC1. The van der Waals surface area contributed by atoms with Gasteiger partial charge in [0.15, 0.2) is 0 Å². The van der Waals surface area contributed by atoms with E-state index in [1.165, 1.54) is 32.5 Å². The maximum absolute atomic E-state index is 13.1. The van der Waals surface area contributed by atoms with Crippen molar-refractivity contribution in [1.82, 2.24) is 20.4 Å². The number of nitrogens with zero attached hydrogens (tertiary/aromatic N) is 2. The third-order valence-electron chi connectivity index (χ3n) is 10.0. The van der Waals surface area contributed by atoms with Crippen molar-refractivity contribution < 1.29 is 14.3 Å². The lowest BCUT2D eigenvalue weighted by atomic mass is 9.84. The summed E-state index contributed by atoms with van der Waals surface area (Å²) in [5, 5.41) is 7.56. The summed E-state index contributed by atoms with van der Waals surface area (Å²) in [5.74, 6) is 1.26. The Balaban J connectivity index is 1.03. The highest BCUT2D eigenvalue weighted by atomic mass is 16.5. The highest BCUT2D eigenvalue weighted by Crippen LogP contribution is 2.31. The minimum atomic E-state index is 0.0466. The normalized spacial score (nSPS) is 29.8. The molecule has 2 saturated carbocycles. The third-order valence-corrected chi connectivity index (χ3v) is 10.0. The second-order valence-electron chi connectivity index (χ2n) is 16.6. The van der Waals surface area contributed by atoms with Crippen LogP contribution in [0.1, 0.15) is 120 Å². The molecule has 1 atom stereocenters. The summed E-state index contributed by atoms with van der Waals surface area (Å²) in [4.78, 5) is 18.0. The van der Waals surface area contributed by atoms with Crippen LogP contribution in [0.25, 0.3) is 0 Å². The van der Waals surface area contributed by atoms with Crippen molar-refractivity contribution >= 4 is 5.78 Å². The Morgan fingerprint density at radius 1 is 0.738 bits per heavy atom.